The first-order valence-electron chi connectivity index (χ1n) is 10.4. The third-order valence-electron chi connectivity index (χ3n) is 4.41. The van der Waals surface area contributed by atoms with Gasteiger partial charge >= 0.3 is 6.09 Å². The van der Waals surface area contributed by atoms with E-state index in [1.165, 1.54) is 5.56 Å². The van der Waals surface area contributed by atoms with Crippen molar-refractivity contribution in [1.29, 1.82) is 0 Å². The second-order valence-corrected chi connectivity index (χ2v) is 8.61. The van der Waals surface area contributed by atoms with E-state index in [0.717, 1.165) is 44.2 Å². The fraction of sp³-hybridized carbons (Fsp3) is 0.636. The van der Waals surface area contributed by atoms with Gasteiger partial charge in [-0.1, -0.05) is 12.1 Å². The Morgan fingerprint density at radius 2 is 1.93 bits per heavy atom. The number of amides is 1. The van der Waals surface area contributed by atoms with Crippen molar-refractivity contribution in [2.75, 3.05) is 26.7 Å². The number of alkyl carbamates (subject to hydrolysis) is 1. The third-order valence-corrected chi connectivity index (χ3v) is 4.41. The fourth-order valence-corrected chi connectivity index (χ4v) is 3.20. The van der Waals surface area contributed by atoms with Crippen molar-refractivity contribution >= 4 is 36.0 Å². The van der Waals surface area contributed by atoms with Crippen LogP contribution in [0.1, 0.15) is 46.6 Å². The average molecular weight is 532 g/mol. The highest BCUT2D eigenvalue weighted by atomic mass is 127. The first-order valence-corrected chi connectivity index (χ1v) is 10.4. The van der Waals surface area contributed by atoms with Crippen LogP contribution in [0, 0.1) is 0 Å². The van der Waals surface area contributed by atoms with Crippen molar-refractivity contribution in [3.8, 4) is 5.75 Å². The number of carbonyl (C=O) groups is 1. The molecule has 2 rings (SSSR count). The predicted molar refractivity (Wildman–Crippen MR) is 132 cm³/mol. The molecule has 7 nitrogen and oxygen atoms in total. The zero-order chi connectivity index (χ0) is 21.4. The summed E-state index contributed by atoms with van der Waals surface area (Å²) in [5.41, 5.74) is 0.758. The molecule has 170 valence electrons. The molecular weight excluding hydrogens is 495 g/mol. The molecule has 0 aromatic heterocycles. The molecule has 1 heterocycles. The molecule has 1 aliphatic heterocycles. The molecule has 1 aliphatic rings. The summed E-state index contributed by atoms with van der Waals surface area (Å²) < 4.78 is 11.0. The molecular formula is C22H37IN4O3. The molecule has 2 N–H and O–H groups in total. The summed E-state index contributed by atoms with van der Waals surface area (Å²) in [6, 6.07) is 8.28. The molecule has 1 amide bonds. The maximum Gasteiger partial charge on any atom is 0.407 e. The van der Waals surface area contributed by atoms with Crippen molar-refractivity contribution < 1.29 is 14.3 Å². The van der Waals surface area contributed by atoms with Gasteiger partial charge in [-0.2, -0.15) is 0 Å². The number of ether oxygens (including phenoxy) is 2. The van der Waals surface area contributed by atoms with Crippen molar-refractivity contribution in [2.45, 2.75) is 65.2 Å². The van der Waals surface area contributed by atoms with Crippen molar-refractivity contribution in [3.63, 3.8) is 0 Å². The van der Waals surface area contributed by atoms with Crippen LogP contribution >= 0.6 is 24.0 Å². The van der Waals surface area contributed by atoms with E-state index < -0.39 is 5.60 Å². The number of hydrogen-bond acceptors (Lipinski definition) is 4. The lowest BCUT2D eigenvalue weighted by atomic mass is 10.1. The average Bonchev–Trinajstić information content (AvgIpc) is 3.06. The third kappa shape index (κ3) is 9.40. The number of rotatable bonds is 6. The molecule has 30 heavy (non-hydrogen) atoms. The number of guanidine groups is 1. The number of carbonyl (C=O) groups excluding carboxylic acids is 1. The quantitative estimate of drug-likeness (QED) is 0.331. The second kappa shape index (κ2) is 12.2. The van der Waals surface area contributed by atoms with Crippen LogP contribution in [-0.2, 0) is 11.2 Å². The Morgan fingerprint density at radius 3 is 2.50 bits per heavy atom. The van der Waals surface area contributed by atoms with Gasteiger partial charge in [0.15, 0.2) is 5.96 Å². The second-order valence-electron chi connectivity index (χ2n) is 8.61. The molecule has 1 aromatic carbocycles. The molecule has 0 radical (unpaired) electrons. The Bertz CT molecular complexity index is 687. The van der Waals surface area contributed by atoms with Gasteiger partial charge in [-0.05, 0) is 65.2 Å². The van der Waals surface area contributed by atoms with Gasteiger partial charge in [-0.15, -0.1) is 24.0 Å². The van der Waals surface area contributed by atoms with Crippen LogP contribution in [0.4, 0.5) is 4.79 Å². The van der Waals surface area contributed by atoms with Crippen LogP contribution in [-0.4, -0.2) is 61.4 Å². The number of nitrogens with zero attached hydrogens (tertiary/aromatic N) is 2. The number of likely N-dealkylation sites (tertiary alicyclic amines) is 1. The summed E-state index contributed by atoms with van der Waals surface area (Å²) >= 11 is 0. The number of benzene rings is 1. The van der Waals surface area contributed by atoms with E-state index in [1.54, 1.807) is 7.05 Å². The van der Waals surface area contributed by atoms with Gasteiger partial charge in [0, 0.05) is 26.7 Å². The van der Waals surface area contributed by atoms with E-state index in [0.29, 0.717) is 0 Å². The summed E-state index contributed by atoms with van der Waals surface area (Å²) in [6.45, 7) is 12.0. The van der Waals surface area contributed by atoms with E-state index in [9.17, 15) is 4.79 Å². The van der Waals surface area contributed by atoms with Crippen LogP contribution in [0.25, 0.3) is 0 Å². The van der Waals surface area contributed by atoms with E-state index >= 15 is 0 Å². The zero-order valence-corrected chi connectivity index (χ0v) is 21.4. The molecule has 1 fully saturated rings. The fourth-order valence-electron chi connectivity index (χ4n) is 3.20. The SMILES string of the molecule is CN=C(NCCc1ccc(OC(C)C)cc1)N1CCC(NC(=O)OC(C)(C)C)C1.I. The normalized spacial score (nSPS) is 16.8. The van der Waals surface area contributed by atoms with Gasteiger partial charge in [-0.25, -0.2) is 4.79 Å². The van der Waals surface area contributed by atoms with Gasteiger partial charge in [-0.3, -0.25) is 4.99 Å². The lowest BCUT2D eigenvalue weighted by molar-refractivity contribution is 0.0507. The standard InChI is InChI=1S/C22H36N4O3.HI/c1-16(2)28-19-9-7-17(8-10-19)11-13-24-20(23-6)26-14-12-18(15-26)25-21(27)29-22(3,4)5;/h7-10,16,18H,11-15H2,1-6H3,(H,23,24)(H,25,27);1H. The maximum absolute atomic E-state index is 12.0. The van der Waals surface area contributed by atoms with Gasteiger partial charge in [0.25, 0.3) is 0 Å². The lowest BCUT2D eigenvalue weighted by Crippen LogP contribution is -2.44. The van der Waals surface area contributed by atoms with Crippen LogP contribution in [0.15, 0.2) is 29.3 Å². The molecule has 1 aromatic rings. The van der Waals surface area contributed by atoms with Crippen molar-refractivity contribution in [3.05, 3.63) is 29.8 Å². The number of hydrogen-bond donors (Lipinski definition) is 2. The molecule has 0 spiro atoms. The number of aliphatic imine (C=N–C) groups is 1. The van der Waals surface area contributed by atoms with E-state index in [4.69, 9.17) is 9.47 Å². The Morgan fingerprint density at radius 1 is 1.27 bits per heavy atom. The highest BCUT2D eigenvalue weighted by molar-refractivity contribution is 14.0. The lowest BCUT2D eigenvalue weighted by Gasteiger charge is -2.23. The van der Waals surface area contributed by atoms with Gasteiger partial charge < -0.3 is 25.0 Å². The Labute approximate surface area is 198 Å². The molecule has 0 saturated carbocycles. The summed E-state index contributed by atoms with van der Waals surface area (Å²) in [4.78, 5) is 18.5. The van der Waals surface area contributed by atoms with Gasteiger partial charge in [0.1, 0.15) is 11.4 Å². The minimum atomic E-state index is -0.487. The molecule has 1 unspecified atom stereocenters. The van der Waals surface area contributed by atoms with Crippen molar-refractivity contribution in [1.82, 2.24) is 15.5 Å². The summed E-state index contributed by atoms with van der Waals surface area (Å²) in [5.74, 6) is 1.76. The first-order chi connectivity index (χ1) is 13.7. The van der Waals surface area contributed by atoms with Crippen molar-refractivity contribution in [2.24, 2.45) is 4.99 Å². The number of nitrogens with one attached hydrogen (secondary N) is 2. The van der Waals surface area contributed by atoms with E-state index in [1.807, 2.05) is 46.8 Å². The van der Waals surface area contributed by atoms with Crippen LogP contribution in [0.2, 0.25) is 0 Å². The van der Waals surface area contributed by atoms with Gasteiger partial charge in [0.05, 0.1) is 12.1 Å². The van der Waals surface area contributed by atoms with Crippen LogP contribution < -0.4 is 15.4 Å². The minimum absolute atomic E-state index is 0. The molecule has 1 atom stereocenters. The Hall–Kier alpha value is -1.71. The highest BCUT2D eigenvalue weighted by Crippen LogP contribution is 2.14. The van der Waals surface area contributed by atoms with E-state index in [2.05, 4.69) is 32.7 Å². The smallest absolute Gasteiger partial charge is 0.407 e. The summed E-state index contributed by atoms with van der Waals surface area (Å²) in [5, 5.41) is 6.37. The summed E-state index contributed by atoms with van der Waals surface area (Å²) in [6.07, 6.45) is 1.59. The Kier molecular flexibility index (Phi) is 10.7. The Balaban J connectivity index is 0.00000450. The minimum Gasteiger partial charge on any atom is -0.491 e. The number of halogens is 1. The van der Waals surface area contributed by atoms with Crippen LogP contribution in [0.3, 0.4) is 0 Å². The summed E-state index contributed by atoms with van der Waals surface area (Å²) in [7, 11) is 1.79. The molecule has 8 heteroatoms. The highest BCUT2D eigenvalue weighted by Gasteiger charge is 2.27. The van der Waals surface area contributed by atoms with Gasteiger partial charge in [0.2, 0.25) is 0 Å². The maximum atomic E-state index is 12.0. The topological polar surface area (TPSA) is 75.2 Å². The first kappa shape index (κ1) is 26.3. The largest absolute Gasteiger partial charge is 0.491 e. The monoisotopic (exact) mass is 532 g/mol. The molecule has 1 saturated heterocycles. The zero-order valence-electron chi connectivity index (χ0n) is 19.0. The predicted octanol–water partition coefficient (Wildman–Crippen LogP) is 3.81. The molecule has 0 bridgehead atoms. The van der Waals surface area contributed by atoms with Crippen LogP contribution in [0.5, 0.6) is 5.75 Å². The van der Waals surface area contributed by atoms with E-state index in [-0.39, 0.29) is 42.2 Å². The molecule has 0 aliphatic carbocycles.